The Bertz CT molecular complexity index is 1130. The monoisotopic (exact) mass is 359 g/mol. The molecule has 1 heterocycles. The normalized spacial score (nSPS) is 11.2. The third-order valence-corrected chi connectivity index (χ3v) is 5.15. The predicted octanol–water partition coefficient (Wildman–Crippen LogP) is 5.87. The molecule has 3 aromatic carbocycles. The quantitative estimate of drug-likeness (QED) is 0.462. The van der Waals surface area contributed by atoms with Gasteiger partial charge < -0.3 is 0 Å². The van der Waals surface area contributed by atoms with Gasteiger partial charge >= 0.3 is 0 Å². The highest BCUT2D eigenvalue weighted by Gasteiger charge is 2.15. The summed E-state index contributed by atoms with van der Waals surface area (Å²) in [5.74, 6) is 0.867. The highest BCUT2D eigenvalue weighted by molar-refractivity contribution is 7.71. The Balaban J connectivity index is 1.99. The van der Waals surface area contributed by atoms with E-state index in [9.17, 15) is 0 Å². The summed E-state index contributed by atoms with van der Waals surface area (Å²) in [4.78, 5) is 0. The van der Waals surface area contributed by atoms with E-state index in [1.165, 1.54) is 16.5 Å². The van der Waals surface area contributed by atoms with Crippen molar-refractivity contribution in [3.05, 3.63) is 76.6 Å². The summed E-state index contributed by atoms with van der Waals surface area (Å²) in [6.45, 7) is 4.36. The molecule has 0 saturated heterocycles. The molecule has 0 saturated carbocycles. The first-order chi connectivity index (χ1) is 12.7. The van der Waals surface area contributed by atoms with E-state index in [0.29, 0.717) is 4.77 Å². The van der Waals surface area contributed by atoms with Crippen LogP contribution in [0.5, 0.6) is 0 Å². The van der Waals surface area contributed by atoms with Crippen molar-refractivity contribution < 1.29 is 0 Å². The van der Waals surface area contributed by atoms with Crippen molar-refractivity contribution in [2.24, 2.45) is 0 Å². The maximum atomic E-state index is 5.59. The predicted molar refractivity (Wildman–Crippen MR) is 110 cm³/mol. The number of fused-ring (bicyclic) bond motifs is 1. The second-order valence-electron chi connectivity index (χ2n) is 6.38. The van der Waals surface area contributed by atoms with Crippen molar-refractivity contribution in [3.63, 3.8) is 0 Å². The lowest BCUT2D eigenvalue weighted by atomic mass is 10.00. The van der Waals surface area contributed by atoms with Gasteiger partial charge in [0.2, 0.25) is 0 Å². The number of nitrogens with one attached hydrogen (secondary N) is 1. The van der Waals surface area contributed by atoms with Gasteiger partial charge in [0.15, 0.2) is 10.6 Å². The van der Waals surface area contributed by atoms with Crippen LogP contribution in [0.25, 0.3) is 27.8 Å². The van der Waals surface area contributed by atoms with Crippen molar-refractivity contribution in [2.75, 3.05) is 0 Å². The second kappa shape index (κ2) is 6.89. The van der Waals surface area contributed by atoms with Crippen LogP contribution in [0.2, 0.25) is 0 Å². The Morgan fingerprint density at radius 2 is 1.77 bits per heavy atom. The Morgan fingerprint density at radius 1 is 0.962 bits per heavy atom. The van der Waals surface area contributed by atoms with Crippen molar-refractivity contribution in [3.8, 4) is 17.1 Å². The molecule has 4 heteroatoms. The Morgan fingerprint density at radius 3 is 2.58 bits per heavy atom. The van der Waals surface area contributed by atoms with E-state index in [1.807, 2.05) is 0 Å². The molecule has 26 heavy (non-hydrogen) atoms. The van der Waals surface area contributed by atoms with Crippen LogP contribution in [0, 0.1) is 4.77 Å². The minimum atomic E-state index is 0.609. The van der Waals surface area contributed by atoms with Crippen LogP contribution in [-0.2, 0) is 12.8 Å². The van der Waals surface area contributed by atoms with Gasteiger partial charge in [-0.1, -0.05) is 68.4 Å². The van der Waals surface area contributed by atoms with Crippen LogP contribution in [0.3, 0.4) is 0 Å². The molecule has 4 rings (SSSR count). The van der Waals surface area contributed by atoms with Crippen LogP contribution in [-0.4, -0.2) is 14.8 Å². The lowest BCUT2D eigenvalue weighted by Gasteiger charge is -2.13. The van der Waals surface area contributed by atoms with E-state index in [2.05, 4.69) is 89.3 Å². The first-order valence-corrected chi connectivity index (χ1v) is 9.41. The number of rotatable bonds is 4. The molecule has 0 aliphatic carbocycles. The fraction of sp³-hybridized carbons (Fsp3) is 0.182. The topological polar surface area (TPSA) is 33.6 Å². The van der Waals surface area contributed by atoms with Crippen LogP contribution < -0.4 is 0 Å². The van der Waals surface area contributed by atoms with E-state index in [4.69, 9.17) is 12.2 Å². The Kier molecular flexibility index (Phi) is 4.43. The fourth-order valence-electron chi connectivity index (χ4n) is 3.48. The number of aromatic amines is 1. The molecule has 0 fully saturated rings. The summed E-state index contributed by atoms with van der Waals surface area (Å²) < 4.78 is 2.66. The largest absolute Gasteiger partial charge is 0.268 e. The molecular weight excluding hydrogens is 338 g/mol. The first-order valence-electron chi connectivity index (χ1n) is 9.00. The molecule has 1 N–H and O–H groups in total. The number of nitrogens with zero attached hydrogens (tertiary/aromatic N) is 2. The summed E-state index contributed by atoms with van der Waals surface area (Å²) in [6.07, 6.45) is 1.99. The molecule has 0 bridgehead atoms. The van der Waals surface area contributed by atoms with Gasteiger partial charge in [0.1, 0.15) is 0 Å². The van der Waals surface area contributed by atoms with Crippen molar-refractivity contribution in [1.82, 2.24) is 14.8 Å². The zero-order chi connectivity index (χ0) is 18.1. The van der Waals surface area contributed by atoms with Gasteiger partial charge in [-0.15, -0.1) is 0 Å². The zero-order valence-corrected chi connectivity index (χ0v) is 15.8. The van der Waals surface area contributed by atoms with Gasteiger partial charge in [0, 0.05) is 10.9 Å². The first kappa shape index (κ1) is 16.7. The standard InChI is InChI=1S/C22H21N3S/c1-3-15-12-13-19(16(4-2)14-15)21-23-24-22(26)25(21)20-11-7-9-17-8-5-6-10-18(17)20/h5-14H,3-4H2,1-2H3,(H,24,26). The van der Waals surface area contributed by atoms with E-state index >= 15 is 0 Å². The molecule has 0 amide bonds. The van der Waals surface area contributed by atoms with Gasteiger partial charge in [0.25, 0.3) is 0 Å². The van der Waals surface area contributed by atoms with Crippen LogP contribution >= 0.6 is 12.2 Å². The smallest absolute Gasteiger partial charge is 0.200 e. The van der Waals surface area contributed by atoms with Gasteiger partial charge in [-0.3, -0.25) is 9.67 Å². The number of H-pyrrole nitrogens is 1. The zero-order valence-electron chi connectivity index (χ0n) is 15.0. The molecule has 0 aliphatic heterocycles. The highest BCUT2D eigenvalue weighted by Crippen LogP contribution is 2.30. The second-order valence-corrected chi connectivity index (χ2v) is 6.77. The summed E-state index contributed by atoms with van der Waals surface area (Å²) in [5, 5.41) is 9.93. The third kappa shape index (κ3) is 2.76. The third-order valence-electron chi connectivity index (χ3n) is 4.88. The van der Waals surface area contributed by atoms with E-state index < -0.39 is 0 Å². The number of hydrogen-bond acceptors (Lipinski definition) is 2. The molecule has 1 aromatic heterocycles. The maximum Gasteiger partial charge on any atom is 0.200 e. The van der Waals surface area contributed by atoms with E-state index in [-0.39, 0.29) is 0 Å². The lowest BCUT2D eigenvalue weighted by molar-refractivity contribution is 1.03. The van der Waals surface area contributed by atoms with Crippen LogP contribution in [0.15, 0.2) is 60.7 Å². The van der Waals surface area contributed by atoms with Crippen molar-refractivity contribution in [1.29, 1.82) is 0 Å². The summed E-state index contributed by atoms with van der Waals surface area (Å²) in [6, 6.07) is 21.3. The highest BCUT2D eigenvalue weighted by atomic mass is 32.1. The molecular formula is C22H21N3S. The minimum absolute atomic E-state index is 0.609. The Hall–Kier alpha value is -2.72. The average Bonchev–Trinajstić information content (AvgIpc) is 3.08. The molecule has 3 nitrogen and oxygen atoms in total. The SMILES string of the molecule is CCc1ccc(-c2n[nH]c(=S)n2-c2cccc3ccccc23)c(CC)c1. The van der Waals surface area contributed by atoms with Gasteiger partial charge in [-0.25, -0.2) is 0 Å². The fourth-order valence-corrected chi connectivity index (χ4v) is 3.71. The molecule has 0 aliphatic rings. The Labute approximate surface area is 158 Å². The molecule has 0 radical (unpaired) electrons. The number of aryl methyl sites for hydroxylation is 2. The number of hydrogen-bond donors (Lipinski definition) is 1. The van der Waals surface area contributed by atoms with E-state index in [1.54, 1.807) is 0 Å². The maximum absolute atomic E-state index is 5.59. The summed E-state index contributed by atoms with van der Waals surface area (Å²) in [5.41, 5.74) is 4.82. The summed E-state index contributed by atoms with van der Waals surface area (Å²) in [7, 11) is 0. The van der Waals surface area contributed by atoms with Crippen LogP contribution in [0.1, 0.15) is 25.0 Å². The minimum Gasteiger partial charge on any atom is -0.268 e. The van der Waals surface area contributed by atoms with Crippen LogP contribution in [0.4, 0.5) is 0 Å². The van der Waals surface area contributed by atoms with E-state index in [0.717, 1.165) is 35.3 Å². The van der Waals surface area contributed by atoms with Gasteiger partial charge in [0.05, 0.1) is 5.69 Å². The molecule has 0 unspecified atom stereocenters. The van der Waals surface area contributed by atoms with Gasteiger partial charge in [-0.2, -0.15) is 5.10 Å². The van der Waals surface area contributed by atoms with Crippen molar-refractivity contribution in [2.45, 2.75) is 26.7 Å². The van der Waals surface area contributed by atoms with Gasteiger partial charge in [-0.05, 0) is 47.6 Å². The number of aromatic nitrogens is 3. The van der Waals surface area contributed by atoms with Crippen molar-refractivity contribution >= 4 is 23.0 Å². The molecule has 130 valence electrons. The molecule has 0 atom stereocenters. The average molecular weight is 359 g/mol. The number of benzene rings is 3. The molecule has 0 spiro atoms. The summed E-state index contributed by atoms with van der Waals surface area (Å²) >= 11 is 5.59. The molecule has 4 aromatic rings. The lowest BCUT2D eigenvalue weighted by Crippen LogP contribution is -2.01.